The monoisotopic (exact) mass is 580 g/mol. The third-order valence-corrected chi connectivity index (χ3v) is 9.79. The SMILES string of the molecule is CCC(C)C(C)(C)C(CC)OSC(CC(C)C)NC(=O)C(Cc1ccccc1)NC(=O)c1cccc2c1CCCC2. The van der Waals surface area contributed by atoms with E-state index in [1.807, 2.05) is 42.5 Å². The van der Waals surface area contributed by atoms with Crippen LogP contribution in [0.25, 0.3) is 0 Å². The topological polar surface area (TPSA) is 67.4 Å². The van der Waals surface area contributed by atoms with Crippen LogP contribution in [0.1, 0.15) is 108 Å². The first-order valence-electron chi connectivity index (χ1n) is 15.6. The highest BCUT2D eigenvalue weighted by Crippen LogP contribution is 2.38. The van der Waals surface area contributed by atoms with Crippen LogP contribution in [0, 0.1) is 17.3 Å². The Kier molecular flexibility index (Phi) is 12.8. The Morgan fingerprint density at radius 3 is 2.29 bits per heavy atom. The van der Waals surface area contributed by atoms with Crippen LogP contribution < -0.4 is 10.6 Å². The number of rotatable bonds is 15. The highest BCUT2D eigenvalue weighted by molar-refractivity contribution is 7.95. The van der Waals surface area contributed by atoms with Crippen molar-refractivity contribution >= 4 is 23.9 Å². The molecule has 0 spiro atoms. The predicted octanol–water partition coefficient (Wildman–Crippen LogP) is 7.91. The largest absolute Gasteiger partial charge is 0.340 e. The highest BCUT2D eigenvalue weighted by atomic mass is 32.2. The van der Waals surface area contributed by atoms with Gasteiger partial charge in [0, 0.05) is 24.0 Å². The van der Waals surface area contributed by atoms with Crippen molar-refractivity contribution in [2.24, 2.45) is 17.3 Å². The fraction of sp³-hybridized carbons (Fsp3) is 0.600. The third kappa shape index (κ3) is 9.34. The molecule has 0 radical (unpaired) electrons. The summed E-state index contributed by atoms with van der Waals surface area (Å²) in [6, 6.07) is 15.2. The van der Waals surface area contributed by atoms with Gasteiger partial charge in [-0.15, -0.1) is 0 Å². The minimum Gasteiger partial charge on any atom is -0.340 e. The van der Waals surface area contributed by atoms with Gasteiger partial charge in [0.15, 0.2) is 0 Å². The number of nitrogens with one attached hydrogen (secondary N) is 2. The van der Waals surface area contributed by atoms with E-state index in [0.717, 1.165) is 56.1 Å². The zero-order valence-corrected chi connectivity index (χ0v) is 27.1. The third-order valence-electron chi connectivity index (χ3n) is 8.90. The number of benzene rings is 2. The van der Waals surface area contributed by atoms with Gasteiger partial charge in [-0.25, -0.2) is 0 Å². The number of amides is 2. The molecular weight excluding hydrogens is 528 g/mol. The van der Waals surface area contributed by atoms with Gasteiger partial charge in [0.1, 0.15) is 11.4 Å². The first-order valence-corrected chi connectivity index (χ1v) is 16.4. The van der Waals surface area contributed by atoms with Gasteiger partial charge in [-0.2, -0.15) is 0 Å². The molecule has 0 aromatic heterocycles. The van der Waals surface area contributed by atoms with Crippen molar-refractivity contribution in [3.8, 4) is 0 Å². The van der Waals surface area contributed by atoms with Gasteiger partial charge in [-0.1, -0.05) is 97.4 Å². The number of carbonyl (C=O) groups is 2. The van der Waals surface area contributed by atoms with Crippen LogP contribution in [0.2, 0.25) is 0 Å². The Balaban J connectivity index is 1.79. The molecule has 0 heterocycles. The smallest absolute Gasteiger partial charge is 0.252 e. The van der Waals surface area contributed by atoms with Gasteiger partial charge in [0.05, 0.1) is 6.10 Å². The Bertz CT molecular complexity index is 1120. The second-order valence-corrected chi connectivity index (χ2v) is 13.7. The van der Waals surface area contributed by atoms with Crippen molar-refractivity contribution in [2.45, 2.75) is 117 Å². The summed E-state index contributed by atoms with van der Waals surface area (Å²) in [7, 11) is 0. The van der Waals surface area contributed by atoms with Crippen LogP contribution in [0.5, 0.6) is 0 Å². The molecule has 6 heteroatoms. The van der Waals surface area contributed by atoms with E-state index in [9.17, 15) is 9.59 Å². The second-order valence-electron chi connectivity index (χ2n) is 12.7. The van der Waals surface area contributed by atoms with Crippen molar-refractivity contribution in [3.05, 3.63) is 70.8 Å². The van der Waals surface area contributed by atoms with E-state index in [0.29, 0.717) is 23.8 Å². The molecule has 0 bridgehead atoms. The van der Waals surface area contributed by atoms with Gasteiger partial charge < -0.3 is 14.8 Å². The first kappa shape index (κ1) is 33.2. The Morgan fingerprint density at radius 1 is 0.927 bits per heavy atom. The summed E-state index contributed by atoms with van der Waals surface area (Å²) in [6.45, 7) is 15.5. The molecule has 2 aromatic rings. The average molecular weight is 581 g/mol. The standard InChI is InChI=1S/C35H52N2O3S/c1-8-25(5)35(6,7)31(9-2)40-41-32(22-24(3)4)37-34(39)30(23-26-16-11-10-12-17-26)36-33(38)29-21-15-19-27-18-13-14-20-28(27)29/h10-12,15-17,19,21,24-25,30-32H,8-9,13-14,18,20,22-23H2,1-7H3,(H,36,38)(H,37,39). The van der Waals surface area contributed by atoms with Crippen LogP contribution in [0.15, 0.2) is 48.5 Å². The van der Waals surface area contributed by atoms with E-state index in [-0.39, 0.29) is 28.7 Å². The Morgan fingerprint density at radius 2 is 1.63 bits per heavy atom. The van der Waals surface area contributed by atoms with Gasteiger partial charge in [0.2, 0.25) is 5.91 Å². The number of fused-ring (bicyclic) bond motifs is 1. The lowest BCUT2D eigenvalue weighted by molar-refractivity contribution is -0.123. The fourth-order valence-corrected chi connectivity index (χ4v) is 7.07. The highest BCUT2D eigenvalue weighted by Gasteiger charge is 2.35. The number of hydrogen-bond donors (Lipinski definition) is 2. The molecule has 4 atom stereocenters. The molecule has 0 saturated carbocycles. The summed E-state index contributed by atoms with van der Waals surface area (Å²) in [4.78, 5) is 27.5. The fourth-order valence-electron chi connectivity index (χ4n) is 5.79. The maximum Gasteiger partial charge on any atom is 0.252 e. The summed E-state index contributed by atoms with van der Waals surface area (Å²) in [5, 5.41) is 6.14. The van der Waals surface area contributed by atoms with E-state index in [4.69, 9.17) is 4.18 Å². The summed E-state index contributed by atoms with van der Waals surface area (Å²) in [6.07, 6.45) is 7.41. The van der Waals surface area contributed by atoms with Crippen LogP contribution >= 0.6 is 12.0 Å². The summed E-state index contributed by atoms with van der Waals surface area (Å²) in [5.41, 5.74) is 4.11. The van der Waals surface area contributed by atoms with Crippen molar-refractivity contribution in [1.82, 2.24) is 10.6 Å². The normalized spacial score (nSPS) is 16.4. The maximum atomic E-state index is 13.9. The molecular formula is C35H52N2O3S. The quantitative estimate of drug-likeness (QED) is 0.166. The Labute approximate surface area is 253 Å². The van der Waals surface area contributed by atoms with Crippen LogP contribution in [0.3, 0.4) is 0 Å². The first-order chi connectivity index (χ1) is 19.6. The molecule has 4 unspecified atom stereocenters. The second kappa shape index (κ2) is 15.8. The molecule has 226 valence electrons. The van der Waals surface area contributed by atoms with E-state index < -0.39 is 6.04 Å². The lowest BCUT2D eigenvalue weighted by Crippen LogP contribution is -2.50. The lowest BCUT2D eigenvalue weighted by Gasteiger charge is -2.38. The van der Waals surface area contributed by atoms with Crippen molar-refractivity contribution in [3.63, 3.8) is 0 Å². The number of hydrogen-bond acceptors (Lipinski definition) is 4. The molecule has 2 amide bonds. The molecule has 41 heavy (non-hydrogen) atoms. The van der Waals surface area contributed by atoms with Crippen molar-refractivity contribution < 1.29 is 13.8 Å². The van der Waals surface area contributed by atoms with E-state index in [1.165, 1.54) is 17.6 Å². The number of aryl methyl sites for hydroxylation is 1. The van der Waals surface area contributed by atoms with E-state index >= 15 is 0 Å². The van der Waals surface area contributed by atoms with Gasteiger partial charge in [-0.05, 0) is 78.5 Å². The van der Waals surface area contributed by atoms with Gasteiger partial charge >= 0.3 is 0 Å². The van der Waals surface area contributed by atoms with E-state index in [2.05, 4.69) is 65.2 Å². The maximum absolute atomic E-state index is 13.9. The molecule has 0 aliphatic heterocycles. The molecule has 2 aromatic carbocycles. The molecule has 5 nitrogen and oxygen atoms in total. The van der Waals surface area contributed by atoms with Crippen molar-refractivity contribution in [1.29, 1.82) is 0 Å². The summed E-state index contributed by atoms with van der Waals surface area (Å²) >= 11 is 1.38. The van der Waals surface area contributed by atoms with Gasteiger partial charge in [-0.3, -0.25) is 9.59 Å². The molecule has 3 rings (SSSR count). The zero-order chi connectivity index (χ0) is 30.0. The van der Waals surface area contributed by atoms with Crippen LogP contribution in [-0.4, -0.2) is 29.3 Å². The average Bonchev–Trinajstić information content (AvgIpc) is 2.96. The summed E-state index contributed by atoms with van der Waals surface area (Å²) in [5.74, 6) is 0.533. The lowest BCUT2D eigenvalue weighted by atomic mass is 9.73. The van der Waals surface area contributed by atoms with Crippen LogP contribution in [0.4, 0.5) is 0 Å². The molecule has 2 N–H and O–H groups in total. The number of carbonyl (C=O) groups excluding carboxylic acids is 2. The predicted molar refractivity (Wildman–Crippen MR) is 172 cm³/mol. The van der Waals surface area contributed by atoms with Crippen LogP contribution in [-0.2, 0) is 28.2 Å². The zero-order valence-electron chi connectivity index (χ0n) is 26.3. The van der Waals surface area contributed by atoms with E-state index in [1.54, 1.807) is 0 Å². The minimum atomic E-state index is -0.696. The Hall–Kier alpha value is -2.31. The minimum absolute atomic E-state index is 0.0154. The summed E-state index contributed by atoms with van der Waals surface area (Å²) < 4.78 is 6.47. The molecule has 0 fully saturated rings. The molecule has 0 saturated heterocycles. The van der Waals surface area contributed by atoms with Gasteiger partial charge in [0.25, 0.3) is 5.91 Å². The van der Waals surface area contributed by atoms with Crippen molar-refractivity contribution in [2.75, 3.05) is 0 Å². The molecule has 1 aliphatic carbocycles. The molecule has 1 aliphatic rings.